The van der Waals surface area contributed by atoms with Gasteiger partial charge in [0.05, 0.1) is 6.61 Å². The minimum absolute atomic E-state index is 0.0575. The zero-order chi connectivity index (χ0) is 11.1. The minimum atomic E-state index is -0.567. The molecular weight excluding hydrogens is 201 g/mol. The molecule has 0 aliphatic heterocycles. The van der Waals surface area contributed by atoms with Crippen molar-refractivity contribution in [2.75, 3.05) is 20.3 Å². The maximum Gasteiger partial charge on any atom is 0.240 e. The van der Waals surface area contributed by atoms with E-state index in [1.807, 2.05) is 0 Å². The molecule has 4 nitrogen and oxygen atoms in total. The van der Waals surface area contributed by atoms with Crippen molar-refractivity contribution >= 4 is 11.8 Å². The fourth-order valence-corrected chi connectivity index (χ4v) is 1.00. The molecule has 0 aliphatic rings. The molecule has 0 heterocycles. The van der Waals surface area contributed by atoms with Gasteiger partial charge in [0.1, 0.15) is 12.3 Å². The van der Waals surface area contributed by atoms with Gasteiger partial charge in [-0.2, -0.15) is 4.99 Å². The number of hydrogen-bond acceptors (Lipinski definition) is 4. The number of carbonyl (C=O) groups excluding carboxylic acids is 1. The van der Waals surface area contributed by atoms with Crippen LogP contribution in [0.25, 0.3) is 0 Å². The molecule has 0 amide bonds. The normalized spacial score (nSPS) is 9.47. The van der Waals surface area contributed by atoms with E-state index in [0.717, 1.165) is 0 Å². The maximum atomic E-state index is 13.2. The van der Waals surface area contributed by atoms with Gasteiger partial charge in [-0.25, -0.2) is 9.18 Å². The summed E-state index contributed by atoms with van der Waals surface area (Å²) < 4.78 is 23.1. The third kappa shape index (κ3) is 3.16. The largest absolute Gasteiger partial charge is 0.486 e. The van der Waals surface area contributed by atoms with Crippen molar-refractivity contribution < 1.29 is 18.7 Å². The van der Waals surface area contributed by atoms with Crippen LogP contribution < -0.4 is 4.74 Å². The summed E-state index contributed by atoms with van der Waals surface area (Å²) >= 11 is 0. The number of benzene rings is 1. The molecule has 0 N–H and O–H groups in total. The Balaban J connectivity index is 2.86. The lowest BCUT2D eigenvalue weighted by molar-refractivity contribution is 0.144. The molecule has 1 aromatic rings. The number of methoxy groups -OCH3 is 1. The van der Waals surface area contributed by atoms with E-state index < -0.39 is 5.82 Å². The molecule has 80 valence electrons. The highest BCUT2D eigenvalue weighted by atomic mass is 19.1. The zero-order valence-corrected chi connectivity index (χ0v) is 8.20. The van der Waals surface area contributed by atoms with Crippen molar-refractivity contribution in [2.45, 2.75) is 0 Å². The minimum Gasteiger partial charge on any atom is -0.486 e. The lowest BCUT2D eigenvalue weighted by atomic mass is 10.3. The van der Waals surface area contributed by atoms with E-state index in [0.29, 0.717) is 6.61 Å². The average molecular weight is 211 g/mol. The number of para-hydroxylation sites is 1. The molecule has 0 saturated carbocycles. The van der Waals surface area contributed by atoms with E-state index in [1.54, 1.807) is 0 Å². The Morgan fingerprint density at radius 2 is 2.27 bits per heavy atom. The summed E-state index contributed by atoms with van der Waals surface area (Å²) in [6.45, 7) is 0.525. The van der Waals surface area contributed by atoms with Gasteiger partial charge in [0.15, 0.2) is 11.6 Å². The summed E-state index contributed by atoms with van der Waals surface area (Å²) in [6.07, 6.45) is 1.34. The molecule has 0 radical (unpaired) electrons. The van der Waals surface area contributed by atoms with E-state index in [9.17, 15) is 9.18 Å². The Kier molecular flexibility index (Phi) is 4.47. The Hall–Kier alpha value is -1.71. The SMILES string of the molecule is COCCOc1c(F)cccc1N=C=O. The van der Waals surface area contributed by atoms with E-state index in [-0.39, 0.29) is 18.0 Å². The molecule has 0 aliphatic carbocycles. The van der Waals surface area contributed by atoms with Crippen LogP contribution in [-0.4, -0.2) is 26.4 Å². The summed E-state index contributed by atoms with van der Waals surface area (Å²) in [5.41, 5.74) is 0.126. The van der Waals surface area contributed by atoms with Crippen LogP contribution in [0.1, 0.15) is 0 Å². The van der Waals surface area contributed by atoms with Crippen LogP contribution in [0.2, 0.25) is 0 Å². The number of isocyanates is 1. The fourth-order valence-electron chi connectivity index (χ4n) is 1.00. The van der Waals surface area contributed by atoms with Crippen molar-refractivity contribution in [3.8, 4) is 5.75 Å². The zero-order valence-electron chi connectivity index (χ0n) is 8.20. The molecule has 15 heavy (non-hydrogen) atoms. The maximum absolute atomic E-state index is 13.2. The number of rotatable bonds is 5. The molecule has 0 bridgehead atoms. The van der Waals surface area contributed by atoms with Gasteiger partial charge in [0, 0.05) is 7.11 Å². The second-order valence-corrected chi connectivity index (χ2v) is 2.63. The second kappa shape index (κ2) is 5.90. The van der Waals surface area contributed by atoms with E-state index in [4.69, 9.17) is 9.47 Å². The summed E-state index contributed by atoms with van der Waals surface area (Å²) in [6, 6.07) is 4.14. The van der Waals surface area contributed by atoms with Crippen LogP contribution in [-0.2, 0) is 9.53 Å². The Bertz CT molecular complexity index is 375. The van der Waals surface area contributed by atoms with Crippen LogP contribution >= 0.6 is 0 Å². The van der Waals surface area contributed by atoms with E-state index >= 15 is 0 Å². The van der Waals surface area contributed by atoms with Crippen molar-refractivity contribution in [2.24, 2.45) is 4.99 Å². The number of halogens is 1. The first-order chi connectivity index (χ1) is 7.29. The topological polar surface area (TPSA) is 47.9 Å². The molecule has 0 atom stereocenters. The number of aliphatic imine (C=N–C) groups is 1. The van der Waals surface area contributed by atoms with Gasteiger partial charge in [0.25, 0.3) is 0 Å². The van der Waals surface area contributed by atoms with E-state index in [1.165, 1.54) is 31.4 Å². The molecule has 5 heteroatoms. The number of nitrogens with zero attached hydrogens (tertiary/aromatic N) is 1. The van der Waals surface area contributed by atoms with Crippen molar-refractivity contribution in [1.82, 2.24) is 0 Å². The molecular formula is C10H10FNO3. The first-order valence-electron chi connectivity index (χ1n) is 4.27. The third-order valence-corrected chi connectivity index (χ3v) is 1.65. The van der Waals surface area contributed by atoms with Gasteiger partial charge in [0.2, 0.25) is 6.08 Å². The standard InChI is InChI=1S/C10H10FNO3/c1-14-5-6-15-10-8(11)3-2-4-9(10)12-7-13/h2-4H,5-6H2,1H3. The fraction of sp³-hybridized carbons (Fsp3) is 0.300. The highest BCUT2D eigenvalue weighted by molar-refractivity contribution is 5.57. The van der Waals surface area contributed by atoms with Gasteiger partial charge in [-0.15, -0.1) is 0 Å². The average Bonchev–Trinajstić information content (AvgIpc) is 2.23. The molecule has 1 rings (SSSR count). The molecule has 1 aromatic carbocycles. The van der Waals surface area contributed by atoms with Gasteiger partial charge >= 0.3 is 0 Å². The Labute approximate surface area is 86.3 Å². The lowest BCUT2D eigenvalue weighted by Crippen LogP contribution is -2.05. The van der Waals surface area contributed by atoms with Gasteiger partial charge in [-0.05, 0) is 12.1 Å². The van der Waals surface area contributed by atoms with Gasteiger partial charge < -0.3 is 9.47 Å². The Morgan fingerprint density at radius 3 is 2.93 bits per heavy atom. The highest BCUT2D eigenvalue weighted by Crippen LogP contribution is 2.29. The smallest absolute Gasteiger partial charge is 0.240 e. The molecule has 0 saturated heterocycles. The molecule has 0 spiro atoms. The van der Waals surface area contributed by atoms with Crippen molar-refractivity contribution in [3.63, 3.8) is 0 Å². The summed E-state index contributed by atoms with van der Waals surface area (Å²) in [7, 11) is 1.51. The third-order valence-electron chi connectivity index (χ3n) is 1.65. The van der Waals surface area contributed by atoms with Crippen LogP contribution in [0.5, 0.6) is 5.75 Å². The van der Waals surface area contributed by atoms with Gasteiger partial charge in [-0.1, -0.05) is 6.07 Å². The van der Waals surface area contributed by atoms with Crippen molar-refractivity contribution in [1.29, 1.82) is 0 Å². The summed E-state index contributed by atoms with van der Waals surface area (Å²) in [5.74, 6) is -0.625. The first-order valence-corrected chi connectivity index (χ1v) is 4.27. The summed E-state index contributed by atoms with van der Waals surface area (Å²) in [4.78, 5) is 13.4. The van der Waals surface area contributed by atoms with Crippen LogP contribution in [0.3, 0.4) is 0 Å². The van der Waals surface area contributed by atoms with Crippen molar-refractivity contribution in [3.05, 3.63) is 24.0 Å². The van der Waals surface area contributed by atoms with E-state index in [2.05, 4.69) is 4.99 Å². The highest BCUT2D eigenvalue weighted by Gasteiger charge is 2.08. The first kappa shape index (κ1) is 11.4. The summed E-state index contributed by atoms with van der Waals surface area (Å²) in [5, 5.41) is 0. The van der Waals surface area contributed by atoms with Crippen LogP contribution in [0, 0.1) is 5.82 Å². The molecule has 0 fully saturated rings. The van der Waals surface area contributed by atoms with Crippen LogP contribution in [0.15, 0.2) is 23.2 Å². The molecule has 0 unspecified atom stereocenters. The molecule has 0 aromatic heterocycles. The quantitative estimate of drug-likeness (QED) is 0.424. The number of ether oxygens (including phenoxy) is 2. The predicted molar refractivity (Wildman–Crippen MR) is 51.6 cm³/mol. The Morgan fingerprint density at radius 1 is 1.47 bits per heavy atom. The van der Waals surface area contributed by atoms with Crippen LogP contribution in [0.4, 0.5) is 10.1 Å². The lowest BCUT2D eigenvalue weighted by Gasteiger charge is -2.07. The number of hydrogen-bond donors (Lipinski definition) is 0. The second-order valence-electron chi connectivity index (χ2n) is 2.63. The monoisotopic (exact) mass is 211 g/mol. The predicted octanol–water partition coefficient (Wildman–Crippen LogP) is 1.82. The van der Waals surface area contributed by atoms with Gasteiger partial charge in [-0.3, -0.25) is 0 Å².